The van der Waals surface area contributed by atoms with Gasteiger partial charge in [-0.3, -0.25) is 0 Å². The Morgan fingerprint density at radius 2 is 1.62 bits per heavy atom. The maximum Gasteiger partial charge on any atom is 0.116 e. The van der Waals surface area contributed by atoms with Crippen molar-refractivity contribution >= 4 is 5.69 Å². The van der Waals surface area contributed by atoms with Gasteiger partial charge in [-0.1, -0.05) is 25.1 Å². The molecule has 0 aromatic heterocycles. The zero-order chi connectivity index (χ0) is 12.0. The summed E-state index contributed by atoms with van der Waals surface area (Å²) < 4.78 is 0. The number of hydrogen-bond acceptors (Lipinski definition) is 4. The van der Waals surface area contributed by atoms with Crippen LogP contribution >= 0.6 is 0 Å². The van der Waals surface area contributed by atoms with Gasteiger partial charge in [0.15, 0.2) is 0 Å². The zero-order valence-corrected chi connectivity index (χ0v) is 9.50. The van der Waals surface area contributed by atoms with Crippen LogP contribution in [-0.2, 0) is 0 Å². The van der Waals surface area contributed by atoms with Gasteiger partial charge in [-0.15, -0.1) is 0 Å². The molecule has 0 bridgehead atoms. The fraction of sp³-hybridized carbons (Fsp3) is 0.500. The summed E-state index contributed by atoms with van der Waals surface area (Å²) >= 11 is 0. The van der Waals surface area contributed by atoms with Crippen LogP contribution in [0.1, 0.15) is 13.3 Å². The van der Waals surface area contributed by atoms with E-state index < -0.39 is 5.54 Å². The van der Waals surface area contributed by atoms with Crippen molar-refractivity contribution in [3.8, 4) is 0 Å². The standard InChI is InChI=1S/C12H19NO3/c1-2-12(8-14,9-15)13(10-16)11-6-4-3-5-7-11/h3-7,14-16H,2,8-10H2,1H3. The quantitative estimate of drug-likeness (QED) is 0.620. The van der Waals surface area contributed by atoms with Crippen molar-refractivity contribution in [2.75, 3.05) is 24.8 Å². The topological polar surface area (TPSA) is 63.9 Å². The molecule has 0 saturated carbocycles. The molecule has 1 rings (SSSR count). The molecule has 0 radical (unpaired) electrons. The molecule has 0 fully saturated rings. The van der Waals surface area contributed by atoms with Crippen LogP contribution in [0.3, 0.4) is 0 Å². The van der Waals surface area contributed by atoms with Crippen LogP contribution < -0.4 is 4.90 Å². The zero-order valence-electron chi connectivity index (χ0n) is 9.50. The van der Waals surface area contributed by atoms with Gasteiger partial charge in [0, 0.05) is 5.69 Å². The van der Waals surface area contributed by atoms with Gasteiger partial charge in [0.25, 0.3) is 0 Å². The van der Waals surface area contributed by atoms with E-state index in [0.717, 1.165) is 5.69 Å². The van der Waals surface area contributed by atoms with Crippen molar-refractivity contribution in [2.45, 2.75) is 18.9 Å². The Kier molecular flexibility index (Phi) is 4.73. The van der Waals surface area contributed by atoms with E-state index in [1.165, 1.54) is 0 Å². The Bertz CT molecular complexity index is 290. The molecular formula is C12H19NO3. The Hall–Kier alpha value is -1.10. The van der Waals surface area contributed by atoms with Crippen LogP contribution in [0.25, 0.3) is 0 Å². The molecule has 0 heterocycles. The highest BCUT2D eigenvalue weighted by atomic mass is 16.3. The third kappa shape index (κ3) is 2.35. The molecule has 4 nitrogen and oxygen atoms in total. The number of rotatable bonds is 6. The molecule has 0 unspecified atom stereocenters. The molecule has 4 heteroatoms. The summed E-state index contributed by atoms with van der Waals surface area (Å²) in [5, 5.41) is 28.3. The highest BCUT2D eigenvalue weighted by Gasteiger charge is 2.33. The van der Waals surface area contributed by atoms with E-state index in [2.05, 4.69) is 0 Å². The SMILES string of the molecule is CCC(CO)(CO)N(CO)c1ccccc1. The van der Waals surface area contributed by atoms with Crippen LogP contribution in [0.5, 0.6) is 0 Å². The van der Waals surface area contributed by atoms with Crippen LogP contribution in [0.15, 0.2) is 30.3 Å². The lowest BCUT2D eigenvalue weighted by atomic mass is 9.95. The van der Waals surface area contributed by atoms with Gasteiger partial charge >= 0.3 is 0 Å². The van der Waals surface area contributed by atoms with Gasteiger partial charge in [-0.05, 0) is 18.6 Å². The van der Waals surface area contributed by atoms with E-state index in [0.29, 0.717) is 6.42 Å². The second kappa shape index (κ2) is 5.84. The highest BCUT2D eigenvalue weighted by Crippen LogP contribution is 2.25. The minimum atomic E-state index is -0.809. The Morgan fingerprint density at radius 3 is 2.00 bits per heavy atom. The minimum absolute atomic E-state index is 0.199. The van der Waals surface area contributed by atoms with Gasteiger partial charge in [0.1, 0.15) is 6.73 Å². The summed E-state index contributed by atoms with van der Waals surface area (Å²) in [7, 11) is 0. The molecule has 1 aromatic rings. The number of nitrogens with zero attached hydrogens (tertiary/aromatic N) is 1. The van der Waals surface area contributed by atoms with Gasteiger partial charge in [0.2, 0.25) is 0 Å². The average molecular weight is 225 g/mol. The maximum absolute atomic E-state index is 9.43. The minimum Gasteiger partial charge on any atom is -0.394 e. The summed E-state index contributed by atoms with van der Waals surface area (Å²) in [6, 6.07) is 9.27. The molecule has 90 valence electrons. The first kappa shape index (κ1) is 13.0. The molecule has 3 N–H and O–H groups in total. The van der Waals surface area contributed by atoms with E-state index in [4.69, 9.17) is 0 Å². The average Bonchev–Trinajstić information content (AvgIpc) is 2.37. The van der Waals surface area contributed by atoms with Crippen LogP contribution in [0.4, 0.5) is 5.69 Å². The van der Waals surface area contributed by atoms with Crippen LogP contribution in [0, 0.1) is 0 Å². The second-order valence-electron chi connectivity index (χ2n) is 3.80. The number of aliphatic hydroxyl groups excluding tert-OH is 3. The summed E-state index contributed by atoms with van der Waals surface area (Å²) in [6.45, 7) is 1.24. The maximum atomic E-state index is 9.43. The first-order chi connectivity index (χ1) is 7.74. The van der Waals surface area contributed by atoms with E-state index in [-0.39, 0.29) is 19.9 Å². The van der Waals surface area contributed by atoms with E-state index in [9.17, 15) is 15.3 Å². The number of benzene rings is 1. The summed E-state index contributed by atoms with van der Waals surface area (Å²) in [6.07, 6.45) is 0.551. The lowest BCUT2D eigenvalue weighted by Crippen LogP contribution is -2.54. The monoisotopic (exact) mass is 225 g/mol. The molecule has 0 amide bonds. The summed E-state index contributed by atoms with van der Waals surface area (Å²) in [5.41, 5.74) is -0.0224. The largest absolute Gasteiger partial charge is 0.394 e. The molecule has 0 atom stereocenters. The molecule has 0 saturated heterocycles. The molecule has 16 heavy (non-hydrogen) atoms. The Labute approximate surface area is 95.8 Å². The van der Waals surface area contributed by atoms with Crippen molar-refractivity contribution in [3.63, 3.8) is 0 Å². The Balaban J connectivity index is 3.05. The van der Waals surface area contributed by atoms with Crippen molar-refractivity contribution in [3.05, 3.63) is 30.3 Å². The van der Waals surface area contributed by atoms with E-state index in [1.807, 2.05) is 37.3 Å². The third-order valence-corrected chi connectivity index (χ3v) is 3.03. The summed E-state index contributed by atoms with van der Waals surface area (Å²) in [5.74, 6) is 0. The molecular weight excluding hydrogens is 206 g/mol. The van der Waals surface area contributed by atoms with Gasteiger partial charge in [0.05, 0.1) is 18.8 Å². The van der Waals surface area contributed by atoms with Crippen molar-refractivity contribution < 1.29 is 15.3 Å². The fourth-order valence-electron chi connectivity index (χ4n) is 1.75. The number of aliphatic hydroxyl groups is 3. The molecule has 0 aliphatic carbocycles. The second-order valence-corrected chi connectivity index (χ2v) is 3.80. The smallest absolute Gasteiger partial charge is 0.116 e. The lowest BCUT2D eigenvalue weighted by molar-refractivity contribution is 0.0919. The van der Waals surface area contributed by atoms with Crippen LogP contribution in [0.2, 0.25) is 0 Å². The molecule has 1 aromatic carbocycles. The van der Waals surface area contributed by atoms with Gasteiger partial charge in [-0.25, -0.2) is 0 Å². The fourth-order valence-corrected chi connectivity index (χ4v) is 1.75. The van der Waals surface area contributed by atoms with E-state index >= 15 is 0 Å². The van der Waals surface area contributed by atoms with Gasteiger partial charge < -0.3 is 20.2 Å². The van der Waals surface area contributed by atoms with Crippen molar-refractivity contribution in [1.29, 1.82) is 0 Å². The number of anilines is 1. The molecule has 0 aliphatic heterocycles. The van der Waals surface area contributed by atoms with Crippen molar-refractivity contribution in [2.24, 2.45) is 0 Å². The van der Waals surface area contributed by atoms with Crippen LogP contribution in [-0.4, -0.2) is 40.8 Å². The van der Waals surface area contributed by atoms with Gasteiger partial charge in [-0.2, -0.15) is 0 Å². The number of para-hydroxylation sites is 1. The first-order valence-corrected chi connectivity index (χ1v) is 5.39. The first-order valence-electron chi connectivity index (χ1n) is 5.39. The lowest BCUT2D eigenvalue weighted by Gasteiger charge is -2.41. The van der Waals surface area contributed by atoms with Crippen molar-refractivity contribution in [1.82, 2.24) is 0 Å². The summed E-state index contributed by atoms with van der Waals surface area (Å²) in [4.78, 5) is 1.62. The van der Waals surface area contributed by atoms with E-state index in [1.54, 1.807) is 4.90 Å². The predicted molar refractivity (Wildman–Crippen MR) is 63.2 cm³/mol. The number of hydrogen-bond donors (Lipinski definition) is 3. The predicted octanol–water partition coefficient (Wildman–Crippen LogP) is 0.576. The normalized spacial score (nSPS) is 11.5. The Morgan fingerprint density at radius 1 is 1.06 bits per heavy atom. The third-order valence-electron chi connectivity index (χ3n) is 3.03. The molecule has 0 spiro atoms. The molecule has 0 aliphatic rings. The highest BCUT2D eigenvalue weighted by molar-refractivity contribution is 5.48.